The van der Waals surface area contributed by atoms with Gasteiger partial charge in [-0.25, -0.2) is 9.78 Å². The van der Waals surface area contributed by atoms with Gasteiger partial charge in [-0.05, 0) is 53.8 Å². The second-order valence-corrected chi connectivity index (χ2v) is 7.54. The van der Waals surface area contributed by atoms with Gasteiger partial charge in [0, 0.05) is 40.3 Å². The highest BCUT2D eigenvalue weighted by molar-refractivity contribution is 7.17. The summed E-state index contributed by atoms with van der Waals surface area (Å²) in [7, 11) is 1.75. The molecule has 3 N–H and O–H groups in total. The highest BCUT2D eigenvalue weighted by atomic mass is 32.1. The molecule has 0 aliphatic rings. The molecule has 0 radical (unpaired) electrons. The van der Waals surface area contributed by atoms with E-state index in [4.69, 9.17) is 5.73 Å². The summed E-state index contributed by atoms with van der Waals surface area (Å²) < 4.78 is 1.11. The minimum Gasteiger partial charge on any atom is -0.383 e. The fourth-order valence-corrected chi connectivity index (χ4v) is 4.10. The third-order valence-corrected chi connectivity index (χ3v) is 5.60. The highest BCUT2D eigenvalue weighted by Crippen LogP contribution is 2.37. The summed E-state index contributed by atoms with van der Waals surface area (Å²) in [6, 6.07) is 17.4. The molecule has 6 heteroatoms. The van der Waals surface area contributed by atoms with Crippen LogP contribution in [-0.4, -0.2) is 18.1 Å². The summed E-state index contributed by atoms with van der Waals surface area (Å²) in [6.07, 6.45) is 1.73. The van der Waals surface area contributed by atoms with Crippen LogP contribution >= 0.6 is 11.3 Å². The minimum absolute atomic E-state index is 0.187. The van der Waals surface area contributed by atoms with Gasteiger partial charge in [0.05, 0.1) is 0 Å². The van der Waals surface area contributed by atoms with Gasteiger partial charge in [-0.3, -0.25) is 4.90 Å². The second kappa shape index (κ2) is 7.32. The molecule has 0 fully saturated rings. The number of aryl methyl sites for hydroxylation is 1. The van der Waals surface area contributed by atoms with E-state index in [0.717, 1.165) is 38.2 Å². The molecule has 5 nitrogen and oxygen atoms in total. The number of nitrogen functional groups attached to an aromatic ring is 1. The minimum atomic E-state index is -0.187. The maximum Gasteiger partial charge on any atom is 0.326 e. The molecule has 0 saturated heterocycles. The maximum absolute atomic E-state index is 12.5. The average molecular weight is 388 g/mol. The molecule has 0 aliphatic carbocycles. The molecular formula is C22H20N4OS. The summed E-state index contributed by atoms with van der Waals surface area (Å²) in [4.78, 5) is 18.3. The topological polar surface area (TPSA) is 71.2 Å². The van der Waals surface area contributed by atoms with Crippen LogP contribution in [0.3, 0.4) is 0 Å². The lowest BCUT2D eigenvalue weighted by molar-refractivity contribution is 0.258. The summed E-state index contributed by atoms with van der Waals surface area (Å²) in [6.45, 7) is 1.99. The van der Waals surface area contributed by atoms with E-state index in [1.165, 1.54) is 0 Å². The number of anilines is 3. The number of nitrogens with zero attached hydrogens (tertiary/aromatic N) is 2. The first-order chi connectivity index (χ1) is 13.5. The molecule has 28 heavy (non-hydrogen) atoms. The molecule has 2 aromatic heterocycles. The van der Waals surface area contributed by atoms with Gasteiger partial charge >= 0.3 is 6.03 Å². The first-order valence-corrected chi connectivity index (χ1v) is 9.74. The third kappa shape index (κ3) is 3.42. The number of nitrogens with one attached hydrogen (secondary N) is 1. The number of rotatable bonds is 3. The van der Waals surface area contributed by atoms with Gasteiger partial charge in [0.15, 0.2) is 0 Å². The summed E-state index contributed by atoms with van der Waals surface area (Å²) >= 11 is 1.65. The van der Waals surface area contributed by atoms with Crippen LogP contribution in [0.5, 0.6) is 0 Å². The lowest BCUT2D eigenvalue weighted by Crippen LogP contribution is -2.31. The molecule has 0 unspecified atom stereocenters. The van der Waals surface area contributed by atoms with Gasteiger partial charge in [0.2, 0.25) is 0 Å². The third-order valence-electron chi connectivity index (χ3n) is 4.65. The average Bonchev–Trinajstić information content (AvgIpc) is 3.13. The van der Waals surface area contributed by atoms with E-state index in [1.807, 2.05) is 61.5 Å². The smallest absolute Gasteiger partial charge is 0.326 e. The highest BCUT2D eigenvalue weighted by Gasteiger charge is 2.13. The van der Waals surface area contributed by atoms with E-state index in [2.05, 4.69) is 15.7 Å². The molecule has 2 heterocycles. The van der Waals surface area contributed by atoms with Crippen molar-refractivity contribution < 1.29 is 4.79 Å². The van der Waals surface area contributed by atoms with Crippen molar-refractivity contribution in [2.45, 2.75) is 6.92 Å². The predicted octanol–water partition coefficient (Wildman–Crippen LogP) is 5.52. The van der Waals surface area contributed by atoms with Crippen molar-refractivity contribution in [3.05, 3.63) is 71.7 Å². The van der Waals surface area contributed by atoms with E-state index < -0.39 is 0 Å². The van der Waals surface area contributed by atoms with E-state index in [-0.39, 0.29) is 6.03 Å². The van der Waals surface area contributed by atoms with Crippen molar-refractivity contribution in [2.24, 2.45) is 0 Å². The lowest BCUT2D eigenvalue weighted by Gasteiger charge is -2.18. The molecule has 0 atom stereocenters. The van der Waals surface area contributed by atoms with E-state index >= 15 is 0 Å². The number of nitrogens with two attached hydrogens (primary N) is 1. The van der Waals surface area contributed by atoms with Crippen molar-refractivity contribution in [2.75, 3.05) is 23.0 Å². The maximum atomic E-state index is 12.5. The standard InChI is InChI=1S/C22H20N4OS/c1-14-4-3-5-16(12-14)25-22(27)26(2)17-8-6-15(7-9-17)18-13-28-19-10-11-24-21(23)20(18)19/h3-13H,1-2H3,(H2,23,24)(H,25,27). The number of aromatic nitrogens is 1. The molecule has 2 amide bonds. The zero-order valence-corrected chi connectivity index (χ0v) is 16.5. The Labute approximate surface area is 167 Å². The van der Waals surface area contributed by atoms with Crippen LogP contribution in [0.2, 0.25) is 0 Å². The molecule has 0 spiro atoms. The van der Waals surface area contributed by atoms with Crippen LogP contribution in [0.1, 0.15) is 5.56 Å². The largest absolute Gasteiger partial charge is 0.383 e. The summed E-state index contributed by atoms with van der Waals surface area (Å²) in [5.74, 6) is 0.535. The Bertz CT molecular complexity index is 1150. The van der Waals surface area contributed by atoms with Crippen LogP contribution in [0.4, 0.5) is 22.0 Å². The number of carbonyl (C=O) groups excluding carboxylic acids is 1. The number of pyridine rings is 1. The first kappa shape index (κ1) is 18.0. The van der Waals surface area contributed by atoms with Gasteiger partial charge in [0.1, 0.15) is 5.82 Å². The van der Waals surface area contributed by atoms with Crippen LogP contribution < -0.4 is 16.0 Å². The number of urea groups is 1. The molecule has 2 aromatic carbocycles. The molecule has 0 bridgehead atoms. The number of thiophene rings is 1. The van der Waals surface area contributed by atoms with Crippen molar-refractivity contribution in [3.8, 4) is 11.1 Å². The Kier molecular flexibility index (Phi) is 4.71. The zero-order valence-electron chi connectivity index (χ0n) is 15.6. The molecule has 0 aliphatic heterocycles. The van der Waals surface area contributed by atoms with E-state index in [1.54, 1.807) is 29.5 Å². The lowest BCUT2D eigenvalue weighted by atomic mass is 10.0. The van der Waals surface area contributed by atoms with Crippen molar-refractivity contribution in [1.82, 2.24) is 4.98 Å². The van der Waals surface area contributed by atoms with E-state index in [0.29, 0.717) is 5.82 Å². The second-order valence-electron chi connectivity index (χ2n) is 6.62. The molecule has 4 aromatic rings. The monoisotopic (exact) mass is 388 g/mol. The zero-order chi connectivity index (χ0) is 19.7. The molecule has 0 saturated carbocycles. The molecule has 4 rings (SSSR count). The fraction of sp³-hybridized carbons (Fsp3) is 0.0909. The first-order valence-electron chi connectivity index (χ1n) is 8.86. The molecular weight excluding hydrogens is 368 g/mol. The Morgan fingerprint density at radius 1 is 1.14 bits per heavy atom. The Morgan fingerprint density at radius 2 is 1.93 bits per heavy atom. The number of benzene rings is 2. The van der Waals surface area contributed by atoms with Crippen LogP contribution in [0.15, 0.2) is 66.2 Å². The van der Waals surface area contributed by atoms with Crippen molar-refractivity contribution in [3.63, 3.8) is 0 Å². The number of fused-ring (bicyclic) bond motifs is 1. The van der Waals surface area contributed by atoms with Crippen molar-refractivity contribution in [1.29, 1.82) is 0 Å². The SMILES string of the molecule is Cc1cccc(NC(=O)N(C)c2ccc(-c3csc4ccnc(N)c34)cc2)c1. The van der Waals surface area contributed by atoms with Crippen LogP contribution in [-0.2, 0) is 0 Å². The fourth-order valence-electron chi connectivity index (χ4n) is 3.13. The van der Waals surface area contributed by atoms with Gasteiger partial charge in [-0.2, -0.15) is 0 Å². The number of carbonyl (C=O) groups is 1. The normalized spacial score (nSPS) is 10.8. The Balaban J connectivity index is 1.56. The molecule has 140 valence electrons. The van der Waals surface area contributed by atoms with Crippen LogP contribution in [0, 0.1) is 6.92 Å². The number of hydrogen-bond acceptors (Lipinski definition) is 4. The number of amides is 2. The summed E-state index contributed by atoms with van der Waals surface area (Å²) in [5.41, 5.74) is 10.9. The van der Waals surface area contributed by atoms with E-state index in [9.17, 15) is 4.79 Å². The number of hydrogen-bond donors (Lipinski definition) is 2. The van der Waals surface area contributed by atoms with Crippen LogP contribution in [0.25, 0.3) is 21.2 Å². The van der Waals surface area contributed by atoms with Gasteiger partial charge in [-0.15, -0.1) is 11.3 Å². The predicted molar refractivity (Wildman–Crippen MR) is 118 cm³/mol. The van der Waals surface area contributed by atoms with Gasteiger partial charge in [0.25, 0.3) is 0 Å². The van der Waals surface area contributed by atoms with Gasteiger partial charge in [-0.1, -0.05) is 24.3 Å². The summed E-state index contributed by atoms with van der Waals surface area (Å²) in [5, 5.41) is 5.99. The Hall–Kier alpha value is -3.38. The van der Waals surface area contributed by atoms with Gasteiger partial charge < -0.3 is 11.1 Å². The quantitative estimate of drug-likeness (QED) is 0.485. The Morgan fingerprint density at radius 3 is 2.68 bits per heavy atom. The van der Waals surface area contributed by atoms with Crippen molar-refractivity contribution >= 4 is 44.6 Å².